The number of rotatable bonds is 5. The lowest BCUT2D eigenvalue weighted by Crippen LogP contribution is -2.26. The van der Waals surface area contributed by atoms with Gasteiger partial charge in [0.25, 0.3) is 5.89 Å². The molecule has 7 nitrogen and oxygen atoms in total. The molecule has 2 aromatic rings. The van der Waals surface area contributed by atoms with Crippen LogP contribution in [0.3, 0.4) is 0 Å². The minimum Gasteiger partial charge on any atom is -0.494 e. The van der Waals surface area contributed by atoms with Crippen molar-refractivity contribution in [3.63, 3.8) is 0 Å². The van der Waals surface area contributed by atoms with Crippen molar-refractivity contribution in [1.82, 2.24) is 20.0 Å². The summed E-state index contributed by atoms with van der Waals surface area (Å²) >= 11 is 0. The first kappa shape index (κ1) is 13.4. The van der Waals surface area contributed by atoms with Crippen LogP contribution in [0.15, 0.2) is 23.0 Å². The molecule has 2 rings (SSSR count). The summed E-state index contributed by atoms with van der Waals surface area (Å²) < 4.78 is 10.4. The van der Waals surface area contributed by atoms with Gasteiger partial charge in [-0.15, -0.1) is 0 Å². The van der Waals surface area contributed by atoms with E-state index in [0.717, 1.165) is 0 Å². The molecule has 0 fully saturated rings. The number of ether oxygens (including phenoxy) is 1. The monoisotopic (exact) mass is 263 g/mol. The van der Waals surface area contributed by atoms with Crippen LogP contribution in [0.2, 0.25) is 0 Å². The predicted molar refractivity (Wildman–Crippen MR) is 69.6 cm³/mol. The third-order valence-electron chi connectivity index (χ3n) is 2.57. The van der Waals surface area contributed by atoms with E-state index < -0.39 is 0 Å². The van der Waals surface area contributed by atoms with Crippen molar-refractivity contribution in [1.29, 1.82) is 0 Å². The van der Waals surface area contributed by atoms with Crippen molar-refractivity contribution >= 4 is 0 Å². The lowest BCUT2D eigenvalue weighted by atomic mass is 10.2. The maximum atomic E-state index is 5.99. The Morgan fingerprint density at radius 1 is 1.47 bits per heavy atom. The second-order valence-corrected chi connectivity index (χ2v) is 4.40. The van der Waals surface area contributed by atoms with Gasteiger partial charge in [0, 0.05) is 12.7 Å². The third kappa shape index (κ3) is 3.07. The van der Waals surface area contributed by atoms with Crippen molar-refractivity contribution < 1.29 is 9.26 Å². The quantitative estimate of drug-likeness (QED) is 0.849. The Morgan fingerprint density at radius 2 is 2.26 bits per heavy atom. The van der Waals surface area contributed by atoms with Crippen molar-refractivity contribution in [3.8, 4) is 17.2 Å². The largest absolute Gasteiger partial charge is 0.494 e. The van der Waals surface area contributed by atoms with Crippen molar-refractivity contribution in [2.24, 2.45) is 5.73 Å². The summed E-state index contributed by atoms with van der Waals surface area (Å²) in [5.74, 6) is 1.44. The highest BCUT2D eigenvalue weighted by molar-refractivity contribution is 5.61. The molecule has 0 amide bonds. The van der Waals surface area contributed by atoms with E-state index in [-0.39, 0.29) is 6.04 Å². The van der Waals surface area contributed by atoms with Gasteiger partial charge >= 0.3 is 0 Å². The van der Waals surface area contributed by atoms with Crippen LogP contribution in [0.4, 0.5) is 0 Å². The number of hydrogen-bond donors (Lipinski definition) is 1. The van der Waals surface area contributed by atoms with Gasteiger partial charge in [0.2, 0.25) is 0 Å². The molecule has 0 saturated heterocycles. The zero-order valence-electron chi connectivity index (χ0n) is 11.2. The smallest absolute Gasteiger partial charge is 0.261 e. The number of nitrogens with zero attached hydrogens (tertiary/aromatic N) is 4. The van der Waals surface area contributed by atoms with Crippen LogP contribution in [-0.4, -0.2) is 47.8 Å². The standard InChI is InChI=1S/C12H17N5O2/c1-17(2)7-9(13)11-15-12(19-16-11)8-4-5-14-6-10(8)18-3/h4-6,9H,7,13H2,1-3H3. The average molecular weight is 263 g/mol. The number of pyridine rings is 1. The molecule has 19 heavy (non-hydrogen) atoms. The third-order valence-corrected chi connectivity index (χ3v) is 2.57. The fourth-order valence-corrected chi connectivity index (χ4v) is 1.69. The van der Waals surface area contributed by atoms with Gasteiger partial charge in [-0.25, -0.2) is 0 Å². The first-order chi connectivity index (χ1) is 9.11. The predicted octanol–water partition coefficient (Wildman–Crippen LogP) is 0.702. The molecular weight excluding hydrogens is 246 g/mol. The maximum Gasteiger partial charge on any atom is 0.261 e. The Labute approximate surface area is 111 Å². The Bertz CT molecular complexity index is 540. The summed E-state index contributed by atoms with van der Waals surface area (Å²) in [4.78, 5) is 10.2. The molecule has 1 unspecified atom stereocenters. The van der Waals surface area contributed by atoms with E-state index in [1.807, 2.05) is 19.0 Å². The van der Waals surface area contributed by atoms with Crippen molar-refractivity contribution in [3.05, 3.63) is 24.3 Å². The normalized spacial score (nSPS) is 12.7. The molecular formula is C12H17N5O2. The molecule has 0 saturated carbocycles. The van der Waals surface area contributed by atoms with E-state index in [1.54, 1.807) is 25.6 Å². The van der Waals surface area contributed by atoms with Gasteiger partial charge < -0.3 is 19.9 Å². The summed E-state index contributed by atoms with van der Waals surface area (Å²) in [6.07, 6.45) is 3.24. The molecule has 0 aliphatic carbocycles. The van der Waals surface area contributed by atoms with E-state index in [2.05, 4.69) is 15.1 Å². The van der Waals surface area contributed by atoms with Crippen LogP contribution >= 0.6 is 0 Å². The number of hydrogen-bond acceptors (Lipinski definition) is 7. The summed E-state index contributed by atoms with van der Waals surface area (Å²) in [7, 11) is 5.44. The lowest BCUT2D eigenvalue weighted by molar-refractivity contribution is 0.356. The number of likely N-dealkylation sites (N-methyl/N-ethyl adjacent to an activating group) is 1. The van der Waals surface area contributed by atoms with Crippen LogP contribution in [-0.2, 0) is 0 Å². The molecule has 0 aliphatic rings. The zero-order chi connectivity index (χ0) is 13.8. The van der Waals surface area contributed by atoms with Gasteiger partial charge in [0.1, 0.15) is 5.75 Å². The highest BCUT2D eigenvalue weighted by Gasteiger charge is 2.18. The van der Waals surface area contributed by atoms with Gasteiger partial charge in [-0.2, -0.15) is 4.98 Å². The van der Waals surface area contributed by atoms with E-state index in [1.165, 1.54) is 0 Å². The highest BCUT2D eigenvalue weighted by Crippen LogP contribution is 2.27. The van der Waals surface area contributed by atoms with Crippen LogP contribution in [0, 0.1) is 0 Å². The first-order valence-corrected chi connectivity index (χ1v) is 5.84. The molecule has 0 bridgehead atoms. The van der Waals surface area contributed by atoms with Crippen LogP contribution in [0.5, 0.6) is 5.75 Å². The maximum absolute atomic E-state index is 5.99. The van der Waals surface area contributed by atoms with Gasteiger partial charge in [0.05, 0.1) is 24.9 Å². The molecule has 2 N–H and O–H groups in total. The summed E-state index contributed by atoms with van der Waals surface area (Å²) in [6, 6.07) is 1.47. The molecule has 2 heterocycles. The van der Waals surface area contributed by atoms with Crippen LogP contribution < -0.4 is 10.5 Å². The molecule has 0 spiro atoms. The molecule has 0 aliphatic heterocycles. The molecule has 2 aromatic heterocycles. The van der Waals surface area contributed by atoms with Gasteiger partial charge in [-0.3, -0.25) is 4.98 Å². The molecule has 1 atom stereocenters. The molecule has 0 radical (unpaired) electrons. The lowest BCUT2D eigenvalue weighted by Gasteiger charge is -2.12. The second-order valence-electron chi connectivity index (χ2n) is 4.40. The van der Waals surface area contributed by atoms with Crippen LogP contribution in [0.1, 0.15) is 11.9 Å². The van der Waals surface area contributed by atoms with Crippen molar-refractivity contribution in [2.75, 3.05) is 27.7 Å². The highest BCUT2D eigenvalue weighted by atomic mass is 16.5. The summed E-state index contributed by atoms with van der Waals surface area (Å²) in [6.45, 7) is 0.645. The minimum atomic E-state index is -0.291. The summed E-state index contributed by atoms with van der Waals surface area (Å²) in [5, 5.41) is 3.91. The fraction of sp³-hybridized carbons (Fsp3) is 0.417. The van der Waals surface area contributed by atoms with Crippen LogP contribution in [0.25, 0.3) is 11.5 Å². The topological polar surface area (TPSA) is 90.3 Å². The average Bonchev–Trinajstić information content (AvgIpc) is 2.87. The first-order valence-electron chi connectivity index (χ1n) is 5.84. The number of methoxy groups -OCH3 is 1. The Morgan fingerprint density at radius 3 is 2.95 bits per heavy atom. The summed E-state index contributed by atoms with van der Waals surface area (Å²) in [5.41, 5.74) is 6.69. The van der Waals surface area contributed by atoms with Gasteiger partial charge in [0.15, 0.2) is 5.82 Å². The van der Waals surface area contributed by atoms with E-state index in [9.17, 15) is 0 Å². The minimum absolute atomic E-state index is 0.291. The fourth-order valence-electron chi connectivity index (χ4n) is 1.69. The number of aromatic nitrogens is 3. The number of nitrogens with two attached hydrogens (primary N) is 1. The SMILES string of the molecule is COc1cnccc1-c1nc(C(N)CN(C)C)no1. The molecule has 7 heteroatoms. The molecule has 102 valence electrons. The Balaban J connectivity index is 2.25. The van der Waals surface area contributed by atoms with Gasteiger partial charge in [-0.05, 0) is 20.2 Å². The second kappa shape index (κ2) is 5.77. The van der Waals surface area contributed by atoms with Crippen molar-refractivity contribution in [2.45, 2.75) is 6.04 Å². The Hall–Kier alpha value is -1.99. The zero-order valence-corrected chi connectivity index (χ0v) is 11.2. The molecule has 0 aromatic carbocycles. The Kier molecular flexibility index (Phi) is 4.08. The van der Waals surface area contributed by atoms with E-state index in [0.29, 0.717) is 29.6 Å². The van der Waals surface area contributed by atoms with E-state index in [4.69, 9.17) is 15.0 Å². The van der Waals surface area contributed by atoms with Gasteiger partial charge in [-0.1, -0.05) is 5.16 Å². The van der Waals surface area contributed by atoms with E-state index >= 15 is 0 Å².